The van der Waals surface area contributed by atoms with E-state index in [4.69, 9.17) is 21.1 Å². The molecule has 0 aromatic carbocycles. The van der Waals surface area contributed by atoms with Crippen LogP contribution in [0, 0.1) is 0 Å². The zero-order valence-electron chi connectivity index (χ0n) is 5.19. The van der Waals surface area contributed by atoms with Crippen LogP contribution in [0.2, 0.25) is 0 Å². The first-order valence-electron chi connectivity index (χ1n) is 2.47. The summed E-state index contributed by atoms with van der Waals surface area (Å²) in [4.78, 5) is 0. The van der Waals surface area contributed by atoms with Crippen molar-refractivity contribution in [3.05, 3.63) is 0 Å². The van der Waals surface area contributed by atoms with E-state index in [1.807, 2.05) is 0 Å². The van der Waals surface area contributed by atoms with Crippen LogP contribution in [0.4, 0.5) is 0 Å². The fraction of sp³-hybridized carbons (Fsp3) is 1.00. The Hall–Kier alpha value is 0.210. The van der Waals surface area contributed by atoms with Crippen molar-refractivity contribution >= 4 is 11.6 Å². The molecule has 50 valence electrons. The third-order valence-corrected chi connectivity index (χ3v) is 1.20. The Kier molecular flexibility index (Phi) is 5.49. The van der Waals surface area contributed by atoms with Gasteiger partial charge in [-0.1, -0.05) is 11.6 Å². The quantitative estimate of drug-likeness (QED) is 0.545. The molecule has 3 heteroatoms. The second-order valence-corrected chi connectivity index (χ2v) is 1.91. The molecule has 0 radical (unpaired) electrons. The van der Waals surface area contributed by atoms with Crippen LogP contribution in [0.3, 0.4) is 0 Å². The van der Waals surface area contributed by atoms with Gasteiger partial charge in [0.1, 0.15) is 5.56 Å². The molecule has 0 rings (SSSR count). The molecule has 0 saturated heterocycles. The third-order valence-electron chi connectivity index (χ3n) is 0.805. The minimum absolute atomic E-state index is 0.199. The van der Waals surface area contributed by atoms with Gasteiger partial charge in [0.2, 0.25) is 0 Å². The van der Waals surface area contributed by atoms with Crippen LogP contribution < -0.4 is 0 Å². The van der Waals surface area contributed by atoms with Gasteiger partial charge in [-0.2, -0.15) is 0 Å². The van der Waals surface area contributed by atoms with Crippen molar-refractivity contribution < 1.29 is 9.47 Å². The van der Waals surface area contributed by atoms with Gasteiger partial charge in [0.25, 0.3) is 0 Å². The Morgan fingerprint density at radius 2 is 2.12 bits per heavy atom. The lowest BCUT2D eigenvalue weighted by Crippen LogP contribution is -2.04. The maximum absolute atomic E-state index is 5.54. The summed E-state index contributed by atoms with van der Waals surface area (Å²) >= 11 is 5.54. The third kappa shape index (κ3) is 4.37. The van der Waals surface area contributed by atoms with Crippen molar-refractivity contribution in [1.82, 2.24) is 0 Å². The highest BCUT2D eigenvalue weighted by Crippen LogP contribution is 2.00. The summed E-state index contributed by atoms with van der Waals surface area (Å²) < 4.78 is 9.49. The predicted octanol–water partition coefficient (Wildman–Crippen LogP) is 1.23. The summed E-state index contributed by atoms with van der Waals surface area (Å²) in [7, 11) is 3.21. The van der Waals surface area contributed by atoms with Crippen LogP contribution in [0.5, 0.6) is 0 Å². The Morgan fingerprint density at radius 1 is 1.50 bits per heavy atom. The van der Waals surface area contributed by atoms with Gasteiger partial charge in [-0.15, -0.1) is 0 Å². The summed E-state index contributed by atoms with van der Waals surface area (Å²) in [5.41, 5.74) is -0.199. The lowest BCUT2D eigenvalue weighted by molar-refractivity contribution is 0.115. The van der Waals surface area contributed by atoms with Crippen molar-refractivity contribution in [3.63, 3.8) is 0 Å². The van der Waals surface area contributed by atoms with E-state index in [0.717, 1.165) is 6.42 Å². The van der Waals surface area contributed by atoms with Gasteiger partial charge in [-0.05, 0) is 0 Å². The average Bonchev–Trinajstić information content (AvgIpc) is 1.83. The van der Waals surface area contributed by atoms with Gasteiger partial charge in [0.15, 0.2) is 0 Å². The lowest BCUT2D eigenvalue weighted by Gasteiger charge is -2.03. The van der Waals surface area contributed by atoms with Crippen LogP contribution >= 0.6 is 11.6 Å². The molecule has 0 heterocycles. The molecule has 0 aliphatic carbocycles. The molecular formula is C5H11ClO2. The second kappa shape index (κ2) is 5.35. The minimum atomic E-state index is -0.199. The first-order valence-corrected chi connectivity index (χ1v) is 2.90. The molecule has 0 fully saturated rings. The van der Waals surface area contributed by atoms with E-state index in [9.17, 15) is 0 Å². The average molecular weight is 139 g/mol. The van der Waals surface area contributed by atoms with Crippen LogP contribution in [0.25, 0.3) is 0 Å². The van der Waals surface area contributed by atoms with Crippen LogP contribution in [0.1, 0.15) is 6.42 Å². The Morgan fingerprint density at radius 3 is 2.50 bits per heavy atom. The van der Waals surface area contributed by atoms with E-state index < -0.39 is 0 Å². The molecule has 0 bridgehead atoms. The molecule has 8 heavy (non-hydrogen) atoms. The molecule has 1 atom stereocenters. The first-order chi connectivity index (χ1) is 3.81. The summed E-state index contributed by atoms with van der Waals surface area (Å²) in [5.74, 6) is 0. The van der Waals surface area contributed by atoms with Gasteiger partial charge in [0, 0.05) is 27.2 Å². The maximum Gasteiger partial charge on any atom is 0.133 e. The number of alkyl halides is 1. The van der Waals surface area contributed by atoms with E-state index in [2.05, 4.69) is 0 Å². The van der Waals surface area contributed by atoms with E-state index in [1.165, 1.54) is 0 Å². The Balaban J connectivity index is 2.86. The number of ether oxygens (including phenoxy) is 2. The molecule has 0 spiro atoms. The van der Waals surface area contributed by atoms with E-state index >= 15 is 0 Å². The van der Waals surface area contributed by atoms with Crippen LogP contribution in [-0.2, 0) is 9.47 Å². The number of halogens is 1. The van der Waals surface area contributed by atoms with Crippen molar-refractivity contribution in [3.8, 4) is 0 Å². The van der Waals surface area contributed by atoms with Gasteiger partial charge in [-0.25, -0.2) is 0 Å². The van der Waals surface area contributed by atoms with E-state index in [-0.39, 0.29) is 5.56 Å². The topological polar surface area (TPSA) is 18.5 Å². The normalized spacial score (nSPS) is 13.9. The number of rotatable bonds is 4. The minimum Gasteiger partial charge on any atom is -0.385 e. The van der Waals surface area contributed by atoms with Crippen LogP contribution in [-0.4, -0.2) is 26.4 Å². The molecule has 1 unspecified atom stereocenters. The summed E-state index contributed by atoms with van der Waals surface area (Å²) in [6.45, 7) is 0.655. The fourth-order valence-corrected chi connectivity index (χ4v) is 0.417. The number of methoxy groups -OCH3 is 2. The molecule has 0 N–H and O–H groups in total. The highest BCUT2D eigenvalue weighted by atomic mass is 35.5. The van der Waals surface area contributed by atoms with Gasteiger partial charge < -0.3 is 9.47 Å². The highest BCUT2D eigenvalue weighted by Gasteiger charge is 1.98. The fourth-order valence-electron chi connectivity index (χ4n) is 0.328. The zero-order chi connectivity index (χ0) is 6.41. The zero-order valence-corrected chi connectivity index (χ0v) is 5.94. The molecule has 0 amide bonds. The van der Waals surface area contributed by atoms with Crippen molar-refractivity contribution in [2.24, 2.45) is 0 Å². The molecule has 0 aliphatic heterocycles. The molecule has 0 aliphatic rings. The first kappa shape index (κ1) is 8.21. The van der Waals surface area contributed by atoms with Crippen molar-refractivity contribution in [2.45, 2.75) is 12.0 Å². The highest BCUT2D eigenvalue weighted by molar-refractivity contribution is 6.19. The Labute approximate surface area is 54.7 Å². The van der Waals surface area contributed by atoms with Gasteiger partial charge in [0.05, 0.1) is 0 Å². The SMILES string of the molecule is COCCC(Cl)OC. The van der Waals surface area contributed by atoms with Crippen molar-refractivity contribution in [2.75, 3.05) is 20.8 Å². The largest absolute Gasteiger partial charge is 0.385 e. The molecule has 0 aromatic heterocycles. The standard InChI is InChI=1S/C5H11ClO2/c1-7-4-3-5(6)8-2/h5H,3-4H2,1-2H3. The van der Waals surface area contributed by atoms with E-state index in [1.54, 1.807) is 14.2 Å². The number of hydrogen-bond donors (Lipinski definition) is 0. The van der Waals surface area contributed by atoms with Crippen molar-refractivity contribution in [1.29, 1.82) is 0 Å². The molecule has 0 saturated carbocycles. The number of hydrogen-bond acceptors (Lipinski definition) is 2. The molecular weight excluding hydrogens is 128 g/mol. The second-order valence-electron chi connectivity index (χ2n) is 1.43. The van der Waals surface area contributed by atoms with Gasteiger partial charge >= 0.3 is 0 Å². The summed E-state index contributed by atoms with van der Waals surface area (Å²) in [6.07, 6.45) is 0.745. The monoisotopic (exact) mass is 138 g/mol. The van der Waals surface area contributed by atoms with E-state index in [0.29, 0.717) is 6.61 Å². The Bertz CT molecular complexity index is 49.7. The smallest absolute Gasteiger partial charge is 0.133 e. The molecule has 2 nitrogen and oxygen atoms in total. The van der Waals surface area contributed by atoms with Crippen LogP contribution in [0.15, 0.2) is 0 Å². The summed E-state index contributed by atoms with van der Waals surface area (Å²) in [6, 6.07) is 0. The summed E-state index contributed by atoms with van der Waals surface area (Å²) in [5, 5.41) is 0. The van der Waals surface area contributed by atoms with Gasteiger partial charge in [-0.3, -0.25) is 0 Å². The molecule has 0 aromatic rings. The maximum atomic E-state index is 5.54. The lowest BCUT2D eigenvalue weighted by atomic mass is 10.5. The predicted molar refractivity (Wildman–Crippen MR) is 33.1 cm³/mol.